The Hall–Kier alpha value is -3.66. The second-order valence-electron chi connectivity index (χ2n) is 12.0. The number of carbonyl (C=O) groups is 2. The number of hydrogen-bond donors (Lipinski definition) is 1. The minimum atomic E-state index is -2.23. The fourth-order valence-corrected chi connectivity index (χ4v) is 11.5. The van der Waals surface area contributed by atoms with E-state index in [0.29, 0.717) is 26.1 Å². The Morgan fingerprint density at radius 2 is 1.81 bits per heavy atom. The molecule has 3 aromatic carbocycles. The average molecular weight is 587 g/mol. The van der Waals surface area contributed by atoms with Crippen LogP contribution in [0.5, 0.6) is 5.75 Å². The number of hydrogen-bond acceptors (Lipinski definition) is 6. The van der Waals surface area contributed by atoms with Crippen LogP contribution in [0.25, 0.3) is 0 Å². The Bertz CT molecular complexity index is 1490. The predicted molar refractivity (Wildman–Crippen MR) is 164 cm³/mol. The summed E-state index contributed by atoms with van der Waals surface area (Å²) in [6, 6.07) is 23.9. The molecule has 0 radical (unpaired) electrons. The molecule has 0 aromatic heterocycles. The quantitative estimate of drug-likeness (QED) is 0.382. The van der Waals surface area contributed by atoms with Gasteiger partial charge in [0.2, 0.25) is 0 Å². The maximum Gasteiger partial charge on any atom is 0.414 e. The van der Waals surface area contributed by atoms with Crippen molar-refractivity contribution in [3.05, 3.63) is 83.9 Å². The molecule has 2 amide bonds. The van der Waals surface area contributed by atoms with Gasteiger partial charge in [0.15, 0.2) is 5.60 Å². The van der Waals surface area contributed by atoms with Crippen molar-refractivity contribution in [1.29, 1.82) is 0 Å². The number of methoxy groups -OCH3 is 1. The number of amides is 2. The third-order valence-corrected chi connectivity index (χ3v) is 13.8. The van der Waals surface area contributed by atoms with Crippen LogP contribution in [0.1, 0.15) is 24.5 Å². The molecule has 220 valence electrons. The first-order chi connectivity index (χ1) is 20.2. The summed E-state index contributed by atoms with van der Waals surface area (Å²) in [6.45, 7) is 8.02. The van der Waals surface area contributed by atoms with Crippen LogP contribution in [0.2, 0.25) is 18.6 Å². The first kappa shape index (κ1) is 28.5. The van der Waals surface area contributed by atoms with Gasteiger partial charge in [0.25, 0.3) is 5.91 Å². The Morgan fingerprint density at radius 1 is 1.05 bits per heavy atom. The summed E-state index contributed by atoms with van der Waals surface area (Å²) in [5.41, 5.74) is 2.33. The summed E-state index contributed by atoms with van der Waals surface area (Å²) in [6.07, 6.45) is -0.158. The lowest BCUT2D eigenvalue weighted by Gasteiger charge is -2.37. The summed E-state index contributed by atoms with van der Waals surface area (Å²) in [7, 11) is -0.563. The lowest BCUT2D eigenvalue weighted by molar-refractivity contribution is -0.146. The molecule has 8 nitrogen and oxygen atoms in total. The van der Waals surface area contributed by atoms with Crippen molar-refractivity contribution in [2.45, 2.75) is 50.2 Å². The first-order valence-electron chi connectivity index (χ1n) is 14.6. The molecular weight excluding hydrogens is 548 g/mol. The second-order valence-corrected chi connectivity index (χ2v) is 16.7. The molecule has 6 rings (SSSR count). The number of cyclic esters (lactones) is 1. The molecule has 3 aromatic rings. The fraction of sp³-hybridized carbons (Fsp3) is 0.394. The Morgan fingerprint density at radius 3 is 2.50 bits per heavy atom. The minimum Gasteiger partial charge on any atom is -0.497 e. The summed E-state index contributed by atoms with van der Waals surface area (Å²) < 4.78 is 17.5. The summed E-state index contributed by atoms with van der Waals surface area (Å²) in [4.78, 5) is 30.3. The van der Waals surface area contributed by atoms with Gasteiger partial charge >= 0.3 is 6.09 Å². The van der Waals surface area contributed by atoms with E-state index in [2.05, 4.69) is 32.2 Å². The van der Waals surface area contributed by atoms with Gasteiger partial charge in [0, 0.05) is 23.8 Å². The van der Waals surface area contributed by atoms with E-state index in [0.717, 1.165) is 28.3 Å². The molecule has 1 N–H and O–H groups in total. The third kappa shape index (κ3) is 4.42. The average Bonchev–Trinajstić information content (AvgIpc) is 3.63. The van der Waals surface area contributed by atoms with E-state index in [9.17, 15) is 14.7 Å². The van der Waals surface area contributed by atoms with Crippen molar-refractivity contribution in [1.82, 2.24) is 0 Å². The van der Waals surface area contributed by atoms with Crippen LogP contribution in [0, 0.1) is 5.92 Å². The van der Waals surface area contributed by atoms with E-state index in [4.69, 9.17) is 14.2 Å². The van der Waals surface area contributed by atoms with Gasteiger partial charge in [-0.15, -0.1) is 0 Å². The molecule has 9 heteroatoms. The van der Waals surface area contributed by atoms with Gasteiger partial charge in [-0.2, -0.15) is 0 Å². The van der Waals surface area contributed by atoms with Gasteiger partial charge < -0.3 is 24.2 Å². The standard InChI is InChI=1S/C33H38N2O6Si/c1-22-30(42(3,4)26-14-12-25(39-2)13-15-26)29(16-18-36)41-33(22)27-10-5-6-11-28(27)35(31(33)37)21-23-8-7-9-24(20-23)34-17-19-40-32(34)38/h5-15,20,22,29-30,36H,16-19,21H2,1-4H3/t22-,29+,30-,33+/m0/s1. The van der Waals surface area contributed by atoms with E-state index in [1.165, 1.54) is 5.19 Å². The summed E-state index contributed by atoms with van der Waals surface area (Å²) >= 11 is 0. The van der Waals surface area contributed by atoms with Crippen molar-refractivity contribution in [3.63, 3.8) is 0 Å². The van der Waals surface area contributed by atoms with E-state index < -0.39 is 13.7 Å². The molecule has 0 saturated carbocycles. The van der Waals surface area contributed by atoms with Crippen LogP contribution >= 0.6 is 0 Å². The number of aliphatic hydroxyl groups excluding tert-OH is 1. The van der Waals surface area contributed by atoms with E-state index in [-0.39, 0.29) is 36.2 Å². The van der Waals surface area contributed by atoms with Crippen LogP contribution in [-0.4, -0.2) is 58.2 Å². The molecule has 0 bridgehead atoms. The Kier molecular flexibility index (Phi) is 7.37. The molecule has 4 atom stereocenters. The predicted octanol–water partition coefficient (Wildman–Crippen LogP) is 4.80. The van der Waals surface area contributed by atoms with Gasteiger partial charge in [-0.1, -0.05) is 67.7 Å². The number of carbonyl (C=O) groups excluding carboxylic acids is 2. The van der Waals surface area contributed by atoms with Crippen molar-refractivity contribution in [2.75, 3.05) is 36.7 Å². The molecule has 0 aliphatic carbocycles. The molecule has 3 aliphatic rings. The van der Waals surface area contributed by atoms with Crippen LogP contribution in [0.15, 0.2) is 72.8 Å². The highest BCUT2D eigenvalue weighted by molar-refractivity contribution is 6.91. The molecule has 3 heterocycles. The van der Waals surface area contributed by atoms with E-state index >= 15 is 0 Å². The number of aliphatic hydroxyl groups is 1. The lowest BCUT2D eigenvalue weighted by Crippen LogP contribution is -2.51. The van der Waals surface area contributed by atoms with Crippen LogP contribution in [0.4, 0.5) is 16.2 Å². The lowest BCUT2D eigenvalue weighted by atomic mass is 9.82. The smallest absolute Gasteiger partial charge is 0.414 e. The number of nitrogens with zero attached hydrogens (tertiary/aromatic N) is 2. The minimum absolute atomic E-state index is 0.0116. The van der Waals surface area contributed by atoms with Crippen molar-refractivity contribution < 1.29 is 28.9 Å². The number of benzene rings is 3. The largest absolute Gasteiger partial charge is 0.497 e. The maximum atomic E-state index is 14.7. The van der Waals surface area contributed by atoms with Crippen LogP contribution < -0.4 is 19.7 Å². The molecule has 3 aliphatic heterocycles. The highest BCUT2D eigenvalue weighted by Crippen LogP contribution is 2.60. The summed E-state index contributed by atoms with van der Waals surface area (Å²) in [5.74, 6) is 0.609. The number of rotatable bonds is 8. The molecule has 1 spiro atoms. The number of fused-ring (bicyclic) bond motifs is 2. The number of anilines is 2. The fourth-order valence-electron chi connectivity index (χ4n) is 7.46. The zero-order valence-corrected chi connectivity index (χ0v) is 25.6. The highest BCUT2D eigenvalue weighted by Gasteiger charge is 2.66. The van der Waals surface area contributed by atoms with E-state index in [1.54, 1.807) is 12.0 Å². The third-order valence-electron chi connectivity index (χ3n) is 9.48. The number of ether oxygens (including phenoxy) is 3. The van der Waals surface area contributed by atoms with Gasteiger partial charge in [0.05, 0.1) is 40.1 Å². The van der Waals surface area contributed by atoms with Gasteiger partial charge in [-0.3, -0.25) is 9.69 Å². The zero-order valence-electron chi connectivity index (χ0n) is 24.6. The molecule has 42 heavy (non-hydrogen) atoms. The Balaban J connectivity index is 1.37. The van der Waals surface area contributed by atoms with Gasteiger partial charge in [-0.05, 0) is 47.9 Å². The van der Waals surface area contributed by atoms with E-state index in [1.807, 2.05) is 65.6 Å². The van der Waals surface area contributed by atoms with Crippen molar-refractivity contribution in [3.8, 4) is 5.75 Å². The van der Waals surface area contributed by atoms with Crippen molar-refractivity contribution in [2.24, 2.45) is 5.92 Å². The monoisotopic (exact) mass is 586 g/mol. The maximum absolute atomic E-state index is 14.7. The topological polar surface area (TPSA) is 88.5 Å². The second kappa shape index (κ2) is 10.9. The van der Waals surface area contributed by atoms with Crippen LogP contribution in [0.3, 0.4) is 0 Å². The molecule has 2 saturated heterocycles. The molecular formula is C33H38N2O6Si. The molecule has 0 unspecified atom stereocenters. The zero-order chi connectivity index (χ0) is 29.6. The van der Waals surface area contributed by atoms with Gasteiger partial charge in [-0.25, -0.2) is 4.79 Å². The number of para-hydroxylation sites is 1. The van der Waals surface area contributed by atoms with Gasteiger partial charge in [0.1, 0.15) is 12.4 Å². The highest BCUT2D eigenvalue weighted by atomic mass is 28.3. The molecule has 2 fully saturated rings. The van der Waals surface area contributed by atoms with Crippen LogP contribution in [-0.2, 0) is 26.4 Å². The Labute approximate surface area is 247 Å². The SMILES string of the molecule is COc1ccc([Si](C)(C)[C@@H]2[C@@H](CCO)O[C@]3(C(=O)N(Cc4cccc(N5CCOC5=O)c4)c4ccccc43)[C@H]2C)cc1. The van der Waals surface area contributed by atoms with Crippen molar-refractivity contribution >= 4 is 36.6 Å². The normalized spacial score (nSPS) is 25.3. The first-order valence-corrected chi connectivity index (χ1v) is 17.7. The summed E-state index contributed by atoms with van der Waals surface area (Å²) in [5, 5.41) is 11.4.